The Kier molecular flexibility index (Phi) is 4.18. The van der Waals surface area contributed by atoms with E-state index in [1.165, 1.54) is 0 Å². The summed E-state index contributed by atoms with van der Waals surface area (Å²) in [6.45, 7) is 3.92. The second-order valence-electron chi connectivity index (χ2n) is 1.85. The van der Waals surface area contributed by atoms with Gasteiger partial charge in [-0.2, -0.15) is 18.2 Å². The van der Waals surface area contributed by atoms with Crippen LogP contribution in [-0.2, 0) is 0 Å². The SMILES string of the molecule is Cc1c[c-]cc(C)n1.[U]. The molecule has 1 rings (SSSR count). The van der Waals surface area contributed by atoms with Crippen LogP contribution in [0.15, 0.2) is 12.1 Å². The van der Waals surface area contributed by atoms with Crippen molar-refractivity contribution >= 4 is 0 Å². The van der Waals surface area contributed by atoms with Crippen LogP contribution in [0.2, 0.25) is 0 Å². The molecule has 9 heavy (non-hydrogen) atoms. The molecule has 0 saturated heterocycles. The van der Waals surface area contributed by atoms with E-state index in [4.69, 9.17) is 0 Å². The molecule has 0 N–H and O–H groups in total. The van der Waals surface area contributed by atoms with Crippen LogP contribution in [0, 0.1) is 51.0 Å². The van der Waals surface area contributed by atoms with E-state index in [2.05, 4.69) is 11.1 Å². The summed E-state index contributed by atoms with van der Waals surface area (Å²) in [5, 5.41) is 0. The molecule has 0 fully saturated rings. The van der Waals surface area contributed by atoms with Crippen molar-refractivity contribution < 1.29 is 31.1 Å². The third-order valence-electron chi connectivity index (χ3n) is 0.937. The van der Waals surface area contributed by atoms with E-state index in [9.17, 15) is 0 Å². The number of hydrogen-bond donors (Lipinski definition) is 0. The van der Waals surface area contributed by atoms with E-state index < -0.39 is 0 Å². The van der Waals surface area contributed by atoms with Gasteiger partial charge in [0.1, 0.15) is 0 Å². The molecular formula is C7H8NU-. The fraction of sp³-hybridized carbons (Fsp3) is 0.286. The van der Waals surface area contributed by atoms with E-state index in [1.807, 2.05) is 26.0 Å². The summed E-state index contributed by atoms with van der Waals surface area (Å²) >= 11 is 0. The summed E-state index contributed by atoms with van der Waals surface area (Å²) < 4.78 is 0. The summed E-state index contributed by atoms with van der Waals surface area (Å²) in [5.41, 5.74) is 2.06. The monoisotopic (exact) mass is 344 g/mol. The first-order valence-electron chi connectivity index (χ1n) is 2.60. The number of rotatable bonds is 0. The minimum Gasteiger partial charge on any atom is -0.385 e. The molecule has 1 aromatic rings. The van der Waals surface area contributed by atoms with Crippen molar-refractivity contribution in [3.8, 4) is 0 Å². The van der Waals surface area contributed by atoms with Crippen LogP contribution in [0.1, 0.15) is 11.4 Å². The van der Waals surface area contributed by atoms with E-state index in [-0.39, 0.29) is 31.1 Å². The molecule has 1 heterocycles. The number of hydrogen-bond acceptors (Lipinski definition) is 1. The molecule has 0 aromatic carbocycles. The maximum Gasteiger partial charge on any atom is 0 e. The first kappa shape index (κ1) is 9.20. The van der Waals surface area contributed by atoms with Crippen LogP contribution in [0.4, 0.5) is 0 Å². The fourth-order valence-electron chi connectivity index (χ4n) is 0.626. The maximum absolute atomic E-state index is 4.14. The van der Waals surface area contributed by atoms with E-state index >= 15 is 0 Å². The normalized spacial score (nSPS) is 8.22. The van der Waals surface area contributed by atoms with Gasteiger partial charge in [-0.05, 0) is 0 Å². The van der Waals surface area contributed by atoms with Gasteiger partial charge in [-0.25, -0.2) is 0 Å². The molecule has 0 atom stereocenters. The molecule has 0 aliphatic heterocycles. The molecule has 0 aliphatic rings. The molecule has 1 aromatic heterocycles. The molecule has 0 spiro atoms. The minimum absolute atomic E-state index is 0. The molecule has 0 aliphatic carbocycles. The van der Waals surface area contributed by atoms with Crippen molar-refractivity contribution in [2.24, 2.45) is 0 Å². The molecule has 2 heteroatoms. The molecule has 0 saturated carbocycles. The van der Waals surface area contributed by atoms with Gasteiger partial charge in [0.2, 0.25) is 0 Å². The zero-order chi connectivity index (χ0) is 5.98. The number of aryl methyl sites for hydroxylation is 2. The average molecular weight is 344 g/mol. The van der Waals surface area contributed by atoms with Crippen LogP contribution in [0.5, 0.6) is 0 Å². The van der Waals surface area contributed by atoms with Crippen molar-refractivity contribution in [3.05, 3.63) is 29.6 Å². The van der Waals surface area contributed by atoms with Gasteiger partial charge in [0.05, 0.1) is 0 Å². The maximum atomic E-state index is 4.14. The van der Waals surface area contributed by atoms with Gasteiger partial charge in [-0.1, -0.05) is 25.2 Å². The first-order valence-corrected chi connectivity index (χ1v) is 2.60. The van der Waals surface area contributed by atoms with Gasteiger partial charge in [0.15, 0.2) is 0 Å². The molecule has 46 valence electrons. The van der Waals surface area contributed by atoms with Gasteiger partial charge in [-0.3, -0.25) is 0 Å². The smallest absolute Gasteiger partial charge is 0 e. The first-order chi connectivity index (χ1) is 3.79. The van der Waals surface area contributed by atoms with Crippen molar-refractivity contribution in [1.82, 2.24) is 4.98 Å². The Morgan fingerprint density at radius 2 is 1.67 bits per heavy atom. The third kappa shape index (κ3) is 3.03. The Morgan fingerprint density at radius 1 is 1.22 bits per heavy atom. The van der Waals surface area contributed by atoms with E-state index in [0.717, 1.165) is 11.4 Å². The molecule has 0 bridgehead atoms. The van der Waals surface area contributed by atoms with Crippen molar-refractivity contribution in [2.75, 3.05) is 0 Å². The second-order valence-corrected chi connectivity index (χ2v) is 1.85. The minimum atomic E-state index is 0. The van der Waals surface area contributed by atoms with Gasteiger partial charge >= 0.3 is 0 Å². The fourth-order valence-corrected chi connectivity index (χ4v) is 0.626. The standard InChI is InChI=1S/C7H8N.U/c1-6-4-3-5-7(2)8-6;/h4-5H,1-2H3;/q-1;. The van der Waals surface area contributed by atoms with Crippen molar-refractivity contribution in [2.45, 2.75) is 13.8 Å². The van der Waals surface area contributed by atoms with Crippen LogP contribution >= 0.6 is 0 Å². The zero-order valence-electron chi connectivity index (χ0n) is 5.60. The summed E-state index contributed by atoms with van der Waals surface area (Å²) in [7, 11) is 0. The van der Waals surface area contributed by atoms with Crippen molar-refractivity contribution in [1.29, 1.82) is 0 Å². The Hall–Kier alpha value is 0.202. The quantitative estimate of drug-likeness (QED) is 0.650. The third-order valence-corrected chi connectivity index (χ3v) is 0.937. The molecule has 0 radical (unpaired) electrons. The van der Waals surface area contributed by atoms with Crippen LogP contribution in [0.3, 0.4) is 0 Å². The molecule has 0 amide bonds. The molecular weight excluding hydrogens is 336 g/mol. The van der Waals surface area contributed by atoms with Gasteiger partial charge in [-0.15, -0.1) is 0 Å². The zero-order valence-corrected chi connectivity index (χ0v) is 9.77. The van der Waals surface area contributed by atoms with Gasteiger partial charge in [0.25, 0.3) is 0 Å². The number of pyridine rings is 1. The van der Waals surface area contributed by atoms with Crippen molar-refractivity contribution in [3.63, 3.8) is 0 Å². The largest absolute Gasteiger partial charge is 0.385 e. The second kappa shape index (κ2) is 4.09. The summed E-state index contributed by atoms with van der Waals surface area (Å²) in [4.78, 5) is 4.14. The molecule has 0 unspecified atom stereocenters. The Morgan fingerprint density at radius 3 is 1.89 bits per heavy atom. The summed E-state index contributed by atoms with van der Waals surface area (Å²) in [6.07, 6.45) is 0. The Bertz CT molecular complexity index is 169. The van der Waals surface area contributed by atoms with Crippen LogP contribution in [0.25, 0.3) is 0 Å². The van der Waals surface area contributed by atoms with E-state index in [1.54, 1.807) is 0 Å². The predicted octanol–water partition coefficient (Wildman–Crippen LogP) is 1.50. The van der Waals surface area contributed by atoms with E-state index in [0.29, 0.717) is 0 Å². The Balaban J connectivity index is 0.000000640. The number of aromatic nitrogens is 1. The number of nitrogens with zero attached hydrogens (tertiary/aromatic N) is 1. The van der Waals surface area contributed by atoms with Crippen LogP contribution < -0.4 is 0 Å². The Labute approximate surface area is 79.3 Å². The topological polar surface area (TPSA) is 12.9 Å². The van der Waals surface area contributed by atoms with Crippen LogP contribution in [-0.4, -0.2) is 4.98 Å². The van der Waals surface area contributed by atoms with Gasteiger partial charge in [0, 0.05) is 31.1 Å². The summed E-state index contributed by atoms with van der Waals surface area (Å²) in [5.74, 6) is 0. The van der Waals surface area contributed by atoms with Gasteiger partial charge < -0.3 is 4.98 Å². The average Bonchev–Trinajstić information content (AvgIpc) is 1.64. The summed E-state index contributed by atoms with van der Waals surface area (Å²) in [6, 6.07) is 6.70. The predicted molar refractivity (Wildman–Crippen MR) is 32.5 cm³/mol. The molecule has 1 nitrogen and oxygen atoms in total.